The molecule has 0 aliphatic carbocycles. The molecule has 0 atom stereocenters. The summed E-state index contributed by atoms with van der Waals surface area (Å²) < 4.78 is 6.21. The molecule has 0 fully saturated rings. The molecule has 0 saturated heterocycles. The molecule has 2 aromatic heterocycles. The van der Waals surface area contributed by atoms with Gasteiger partial charge in [0.15, 0.2) is 5.65 Å². The molecule has 0 radical (unpaired) electrons. The van der Waals surface area contributed by atoms with Gasteiger partial charge in [-0.05, 0) is 18.9 Å². The predicted molar refractivity (Wildman–Crippen MR) is 85.4 cm³/mol. The normalized spacial score (nSPS) is 10.9. The SMILES string of the molecule is CCOC(=O)c1cnn2c(O)cc(-c3ccc(CC)cc3)nc12. The zero-order valence-corrected chi connectivity index (χ0v) is 13.0. The molecule has 0 aliphatic heterocycles. The maximum Gasteiger partial charge on any atom is 0.343 e. The highest BCUT2D eigenvalue weighted by Gasteiger charge is 2.18. The fraction of sp³-hybridized carbons (Fsp3) is 0.235. The van der Waals surface area contributed by atoms with Crippen LogP contribution in [0.15, 0.2) is 36.5 Å². The second-order valence-electron chi connectivity index (χ2n) is 5.06. The molecule has 1 aromatic carbocycles. The van der Waals surface area contributed by atoms with E-state index < -0.39 is 5.97 Å². The van der Waals surface area contributed by atoms with E-state index in [1.54, 1.807) is 6.92 Å². The van der Waals surface area contributed by atoms with E-state index in [-0.39, 0.29) is 23.7 Å². The Morgan fingerprint density at radius 1 is 1.26 bits per heavy atom. The van der Waals surface area contributed by atoms with Gasteiger partial charge in [-0.1, -0.05) is 31.2 Å². The lowest BCUT2D eigenvalue weighted by Gasteiger charge is -2.06. The van der Waals surface area contributed by atoms with Crippen LogP contribution < -0.4 is 0 Å². The van der Waals surface area contributed by atoms with Crippen molar-refractivity contribution in [3.63, 3.8) is 0 Å². The number of carbonyl (C=O) groups excluding carboxylic acids is 1. The molecule has 0 aliphatic rings. The Labute approximate surface area is 133 Å². The minimum atomic E-state index is -0.507. The Hall–Kier alpha value is -2.89. The van der Waals surface area contributed by atoms with E-state index in [0.717, 1.165) is 12.0 Å². The number of rotatable bonds is 4. The maximum absolute atomic E-state index is 12.0. The van der Waals surface area contributed by atoms with Crippen LogP contribution in [0.4, 0.5) is 0 Å². The van der Waals surface area contributed by atoms with Crippen LogP contribution in [0.2, 0.25) is 0 Å². The third kappa shape index (κ3) is 2.75. The molecule has 3 aromatic rings. The monoisotopic (exact) mass is 311 g/mol. The number of aromatic hydroxyl groups is 1. The number of fused-ring (bicyclic) bond motifs is 1. The van der Waals surface area contributed by atoms with Crippen molar-refractivity contribution in [1.82, 2.24) is 14.6 Å². The van der Waals surface area contributed by atoms with Gasteiger partial charge in [0.05, 0.1) is 18.5 Å². The van der Waals surface area contributed by atoms with E-state index in [2.05, 4.69) is 17.0 Å². The van der Waals surface area contributed by atoms with E-state index in [4.69, 9.17) is 4.74 Å². The van der Waals surface area contributed by atoms with Gasteiger partial charge in [-0.15, -0.1) is 0 Å². The lowest BCUT2D eigenvalue weighted by atomic mass is 10.1. The van der Waals surface area contributed by atoms with Crippen molar-refractivity contribution in [2.24, 2.45) is 0 Å². The molecule has 0 amide bonds. The second kappa shape index (κ2) is 6.08. The van der Waals surface area contributed by atoms with E-state index >= 15 is 0 Å². The van der Waals surface area contributed by atoms with Gasteiger partial charge in [0.25, 0.3) is 0 Å². The molecule has 0 spiro atoms. The number of aromatic nitrogens is 3. The molecular weight excluding hydrogens is 294 g/mol. The number of hydrogen-bond donors (Lipinski definition) is 1. The summed E-state index contributed by atoms with van der Waals surface area (Å²) in [5, 5.41) is 14.1. The molecule has 0 saturated carbocycles. The summed E-state index contributed by atoms with van der Waals surface area (Å²) in [5.41, 5.74) is 3.16. The number of hydrogen-bond acceptors (Lipinski definition) is 5. The smallest absolute Gasteiger partial charge is 0.343 e. The summed E-state index contributed by atoms with van der Waals surface area (Å²) in [6, 6.07) is 9.44. The molecular formula is C17H17N3O3. The van der Waals surface area contributed by atoms with Gasteiger partial charge in [0.2, 0.25) is 5.88 Å². The molecule has 2 heterocycles. The summed E-state index contributed by atoms with van der Waals surface area (Å²) in [6.07, 6.45) is 2.30. The van der Waals surface area contributed by atoms with Crippen molar-refractivity contribution < 1.29 is 14.6 Å². The molecule has 23 heavy (non-hydrogen) atoms. The highest BCUT2D eigenvalue weighted by molar-refractivity contribution is 5.96. The fourth-order valence-corrected chi connectivity index (χ4v) is 2.36. The molecule has 0 bridgehead atoms. The Kier molecular flexibility index (Phi) is 3.97. The predicted octanol–water partition coefficient (Wildman–Crippen LogP) is 2.84. The van der Waals surface area contributed by atoms with Crippen LogP contribution in [-0.4, -0.2) is 32.3 Å². The fourth-order valence-electron chi connectivity index (χ4n) is 2.36. The first-order chi connectivity index (χ1) is 11.1. The van der Waals surface area contributed by atoms with Gasteiger partial charge in [0.1, 0.15) is 5.56 Å². The first kappa shape index (κ1) is 15.0. The van der Waals surface area contributed by atoms with Crippen LogP contribution in [-0.2, 0) is 11.2 Å². The van der Waals surface area contributed by atoms with E-state index in [1.165, 1.54) is 22.3 Å². The Morgan fingerprint density at radius 3 is 2.65 bits per heavy atom. The molecule has 118 valence electrons. The van der Waals surface area contributed by atoms with Crippen LogP contribution in [0.3, 0.4) is 0 Å². The van der Waals surface area contributed by atoms with E-state index in [1.807, 2.05) is 24.3 Å². The van der Waals surface area contributed by atoms with Crippen LogP contribution >= 0.6 is 0 Å². The number of esters is 1. The number of aryl methyl sites for hydroxylation is 1. The van der Waals surface area contributed by atoms with Crippen molar-refractivity contribution >= 4 is 11.6 Å². The van der Waals surface area contributed by atoms with Crippen LogP contribution in [0.5, 0.6) is 5.88 Å². The average molecular weight is 311 g/mol. The Morgan fingerprint density at radius 2 is 2.00 bits per heavy atom. The van der Waals surface area contributed by atoms with Crippen molar-refractivity contribution in [2.45, 2.75) is 20.3 Å². The first-order valence-corrected chi connectivity index (χ1v) is 7.48. The average Bonchev–Trinajstić information content (AvgIpc) is 3.00. The molecule has 6 heteroatoms. The Bertz CT molecular complexity index is 853. The van der Waals surface area contributed by atoms with Gasteiger partial charge >= 0.3 is 5.97 Å². The van der Waals surface area contributed by atoms with Crippen molar-refractivity contribution in [1.29, 1.82) is 0 Å². The topological polar surface area (TPSA) is 76.7 Å². The summed E-state index contributed by atoms with van der Waals surface area (Å²) in [6.45, 7) is 4.08. The van der Waals surface area contributed by atoms with E-state index in [0.29, 0.717) is 5.69 Å². The van der Waals surface area contributed by atoms with Gasteiger partial charge in [-0.2, -0.15) is 9.61 Å². The largest absolute Gasteiger partial charge is 0.493 e. The van der Waals surface area contributed by atoms with Gasteiger partial charge in [-0.25, -0.2) is 9.78 Å². The first-order valence-electron chi connectivity index (χ1n) is 7.48. The second-order valence-corrected chi connectivity index (χ2v) is 5.06. The minimum Gasteiger partial charge on any atom is -0.493 e. The third-order valence-corrected chi connectivity index (χ3v) is 3.61. The lowest BCUT2D eigenvalue weighted by Crippen LogP contribution is -2.05. The van der Waals surface area contributed by atoms with Crippen molar-refractivity contribution in [3.05, 3.63) is 47.7 Å². The molecule has 0 unspecified atom stereocenters. The highest BCUT2D eigenvalue weighted by Crippen LogP contribution is 2.25. The quantitative estimate of drug-likeness (QED) is 0.750. The highest BCUT2D eigenvalue weighted by atomic mass is 16.5. The number of carbonyl (C=O) groups is 1. The molecule has 6 nitrogen and oxygen atoms in total. The van der Waals surface area contributed by atoms with Crippen LogP contribution in [0, 0.1) is 0 Å². The number of ether oxygens (including phenoxy) is 1. The molecule has 1 N–H and O–H groups in total. The standard InChI is InChI=1S/C17H17N3O3/c1-3-11-5-7-12(8-6-11)14-9-15(21)20-16(19-14)13(10-18-20)17(22)23-4-2/h5-10,21H,3-4H2,1-2H3. The van der Waals surface area contributed by atoms with Crippen molar-refractivity contribution in [3.8, 4) is 17.1 Å². The third-order valence-electron chi connectivity index (χ3n) is 3.61. The summed E-state index contributed by atoms with van der Waals surface area (Å²) >= 11 is 0. The minimum absolute atomic E-state index is 0.0832. The maximum atomic E-state index is 12.0. The van der Waals surface area contributed by atoms with Gasteiger partial charge in [-0.3, -0.25) is 0 Å². The number of benzene rings is 1. The summed E-state index contributed by atoms with van der Waals surface area (Å²) in [5.74, 6) is -0.590. The zero-order valence-electron chi connectivity index (χ0n) is 13.0. The lowest BCUT2D eigenvalue weighted by molar-refractivity contribution is 0.0528. The Balaban J connectivity index is 2.11. The van der Waals surface area contributed by atoms with Gasteiger partial charge in [0, 0.05) is 11.6 Å². The van der Waals surface area contributed by atoms with Crippen LogP contribution in [0.25, 0.3) is 16.9 Å². The van der Waals surface area contributed by atoms with E-state index in [9.17, 15) is 9.90 Å². The van der Waals surface area contributed by atoms with Crippen molar-refractivity contribution in [2.75, 3.05) is 6.61 Å². The number of nitrogens with zero attached hydrogens (tertiary/aromatic N) is 3. The summed E-state index contributed by atoms with van der Waals surface area (Å²) in [7, 11) is 0. The van der Waals surface area contributed by atoms with Crippen LogP contribution in [0.1, 0.15) is 29.8 Å². The zero-order chi connectivity index (χ0) is 16.4. The van der Waals surface area contributed by atoms with Gasteiger partial charge < -0.3 is 9.84 Å². The molecule has 3 rings (SSSR count). The summed E-state index contributed by atoms with van der Waals surface area (Å²) in [4.78, 5) is 16.4.